The lowest BCUT2D eigenvalue weighted by molar-refractivity contribution is -0.384. The van der Waals surface area contributed by atoms with Gasteiger partial charge in [-0.15, -0.1) is 0 Å². The molecule has 0 saturated heterocycles. The van der Waals surface area contributed by atoms with Crippen LogP contribution in [0, 0.1) is 10.1 Å². The molecule has 0 radical (unpaired) electrons. The molecule has 1 aromatic carbocycles. The highest BCUT2D eigenvalue weighted by molar-refractivity contribution is 6.04. The summed E-state index contributed by atoms with van der Waals surface area (Å²) in [6, 6.07) is 4.06. The molecule has 0 atom stereocenters. The molecule has 2 rings (SSSR count). The molecule has 10 nitrogen and oxygen atoms in total. The summed E-state index contributed by atoms with van der Waals surface area (Å²) in [4.78, 5) is 36.0. The fraction of sp³-hybridized carbons (Fsp3) is 0.333. The van der Waals surface area contributed by atoms with E-state index in [0.29, 0.717) is 11.4 Å². The van der Waals surface area contributed by atoms with Crippen molar-refractivity contribution >= 4 is 29.0 Å². The second kappa shape index (κ2) is 7.62. The Balaban J connectivity index is 2.61. The highest BCUT2D eigenvalue weighted by atomic mass is 16.6. The SMILES string of the molecule is CNc1cc([N+](=O)[O-])ccc1N1COCC(C(=O)OC)=C1C(=O)OC. The van der Waals surface area contributed by atoms with Crippen molar-refractivity contribution in [2.75, 3.05) is 44.8 Å². The van der Waals surface area contributed by atoms with Gasteiger partial charge in [0.25, 0.3) is 5.69 Å². The fourth-order valence-corrected chi connectivity index (χ4v) is 2.41. The van der Waals surface area contributed by atoms with Crippen LogP contribution in [-0.2, 0) is 23.8 Å². The zero-order chi connectivity index (χ0) is 18.6. The largest absolute Gasteiger partial charge is 0.466 e. The Bertz CT molecular complexity index is 745. The predicted molar refractivity (Wildman–Crippen MR) is 87.0 cm³/mol. The van der Waals surface area contributed by atoms with Crippen LogP contribution in [0.25, 0.3) is 0 Å². The molecule has 0 fully saturated rings. The average Bonchev–Trinajstić information content (AvgIpc) is 2.65. The number of carbonyl (C=O) groups excluding carboxylic acids is 2. The molecule has 25 heavy (non-hydrogen) atoms. The van der Waals surface area contributed by atoms with Crippen molar-refractivity contribution in [2.45, 2.75) is 0 Å². The standard InChI is InChI=1S/C15H17N3O7/c1-16-11-6-9(18(21)22)4-5-12(11)17-8-25-7-10(14(19)23-2)13(17)15(20)24-3/h4-6,16H,7-8H2,1-3H3. The first-order chi connectivity index (χ1) is 11.9. The Morgan fingerprint density at radius 3 is 2.52 bits per heavy atom. The number of hydrogen-bond acceptors (Lipinski definition) is 9. The number of rotatable bonds is 5. The van der Waals surface area contributed by atoms with Crippen LogP contribution < -0.4 is 10.2 Å². The molecule has 0 aliphatic carbocycles. The van der Waals surface area contributed by atoms with Gasteiger partial charge in [-0.1, -0.05) is 0 Å². The molecule has 134 valence electrons. The van der Waals surface area contributed by atoms with Crippen LogP contribution in [0.3, 0.4) is 0 Å². The van der Waals surface area contributed by atoms with Gasteiger partial charge in [-0.2, -0.15) is 0 Å². The Hall–Kier alpha value is -3.14. The maximum absolute atomic E-state index is 12.2. The Morgan fingerprint density at radius 1 is 1.28 bits per heavy atom. The Labute approximate surface area is 143 Å². The minimum Gasteiger partial charge on any atom is -0.466 e. The van der Waals surface area contributed by atoms with E-state index in [1.165, 1.54) is 37.3 Å². The normalized spacial score (nSPS) is 14.1. The summed E-state index contributed by atoms with van der Waals surface area (Å²) in [7, 11) is 3.96. The van der Waals surface area contributed by atoms with Gasteiger partial charge < -0.3 is 24.4 Å². The van der Waals surface area contributed by atoms with Crippen LogP contribution >= 0.6 is 0 Å². The summed E-state index contributed by atoms with van der Waals surface area (Å²) < 4.78 is 14.8. The molecule has 0 bridgehead atoms. The van der Waals surface area contributed by atoms with E-state index in [9.17, 15) is 19.7 Å². The van der Waals surface area contributed by atoms with Gasteiger partial charge >= 0.3 is 11.9 Å². The van der Waals surface area contributed by atoms with Crippen LogP contribution in [-0.4, -0.2) is 51.5 Å². The average molecular weight is 351 g/mol. The number of carbonyl (C=O) groups is 2. The van der Waals surface area contributed by atoms with Crippen molar-refractivity contribution in [2.24, 2.45) is 0 Å². The number of nitrogens with one attached hydrogen (secondary N) is 1. The first-order valence-electron chi connectivity index (χ1n) is 7.15. The van der Waals surface area contributed by atoms with Crippen LogP contribution in [0.15, 0.2) is 29.5 Å². The minimum atomic E-state index is -0.746. The number of benzene rings is 1. The molecule has 0 aromatic heterocycles. The predicted octanol–water partition coefficient (Wildman–Crippen LogP) is 1.03. The van der Waals surface area contributed by atoms with Gasteiger partial charge in [0.2, 0.25) is 0 Å². The lowest BCUT2D eigenvalue weighted by atomic mass is 10.1. The summed E-state index contributed by atoms with van der Waals surface area (Å²) in [5, 5.41) is 13.8. The monoisotopic (exact) mass is 351 g/mol. The van der Waals surface area contributed by atoms with E-state index in [4.69, 9.17) is 9.47 Å². The van der Waals surface area contributed by atoms with Crippen LogP contribution in [0.2, 0.25) is 0 Å². The van der Waals surface area contributed by atoms with Gasteiger partial charge in [0.1, 0.15) is 12.4 Å². The molecule has 0 saturated carbocycles. The molecule has 1 heterocycles. The maximum Gasteiger partial charge on any atom is 0.355 e. The van der Waals surface area contributed by atoms with Crippen molar-refractivity contribution in [3.63, 3.8) is 0 Å². The van der Waals surface area contributed by atoms with Crippen molar-refractivity contribution in [3.8, 4) is 0 Å². The van der Waals surface area contributed by atoms with Crippen LogP contribution in [0.1, 0.15) is 0 Å². The number of non-ortho nitro benzene ring substituents is 1. The molecule has 1 N–H and O–H groups in total. The van der Waals surface area contributed by atoms with Crippen LogP contribution in [0.5, 0.6) is 0 Å². The van der Waals surface area contributed by atoms with Crippen molar-refractivity contribution in [1.29, 1.82) is 0 Å². The maximum atomic E-state index is 12.2. The third-order valence-electron chi connectivity index (χ3n) is 3.58. The molecule has 1 aromatic rings. The molecule has 10 heteroatoms. The highest BCUT2D eigenvalue weighted by Gasteiger charge is 2.33. The Morgan fingerprint density at radius 2 is 1.96 bits per heavy atom. The van der Waals surface area contributed by atoms with Gasteiger partial charge in [-0.25, -0.2) is 9.59 Å². The van der Waals surface area contributed by atoms with Gasteiger partial charge in [0.15, 0.2) is 0 Å². The first-order valence-corrected chi connectivity index (χ1v) is 7.15. The number of ether oxygens (including phenoxy) is 3. The van der Waals surface area contributed by atoms with Gasteiger partial charge in [-0.05, 0) is 6.07 Å². The van der Waals surface area contributed by atoms with E-state index in [1.807, 2.05) is 0 Å². The van der Waals surface area contributed by atoms with E-state index in [0.717, 1.165) is 0 Å². The highest BCUT2D eigenvalue weighted by Crippen LogP contribution is 2.34. The number of esters is 2. The van der Waals surface area contributed by atoms with Crippen molar-refractivity contribution < 1.29 is 28.7 Å². The van der Waals surface area contributed by atoms with Gasteiger partial charge in [0.05, 0.1) is 42.7 Å². The zero-order valence-electron chi connectivity index (χ0n) is 13.9. The third kappa shape index (κ3) is 3.53. The van der Waals surface area contributed by atoms with E-state index in [2.05, 4.69) is 10.1 Å². The number of nitro benzene ring substituents is 1. The van der Waals surface area contributed by atoms with E-state index in [1.54, 1.807) is 7.05 Å². The topological polar surface area (TPSA) is 120 Å². The third-order valence-corrected chi connectivity index (χ3v) is 3.58. The summed E-state index contributed by atoms with van der Waals surface area (Å²) in [6.07, 6.45) is 0. The molecular weight excluding hydrogens is 334 g/mol. The smallest absolute Gasteiger partial charge is 0.355 e. The molecule has 1 aliphatic heterocycles. The zero-order valence-corrected chi connectivity index (χ0v) is 13.9. The molecule has 0 spiro atoms. The lowest BCUT2D eigenvalue weighted by Crippen LogP contribution is -2.39. The quantitative estimate of drug-likeness (QED) is 0.471. The summed E-state index contributed by atoms with van der Waals surface area (Å²) >= 11 is 0. The summed E-state index contributed by atoms with van der Waals surface area (Å²) in [5.41, 5.74) is 0.634. The number of nitro groups is 1. The summed E-state index contributed by atoms with van der Waals surface area (Å²) in [5.74, 6) is -1.47. The number of hydrogen-bond donors (Lipinski definition) is 1. The molecular formula is C15H17N3O7. The van der Waals surface area contributed by atoms with Gasteiger partial charge in [0, 0.05) is 19.2 Å². The summed E-state index contributed by atoms with van der Waals surface area (Å²) in [6.45, 7) is -0.160. The molecule has 0 unspecified atom stereocenters. The number of anilines is 2. The first kappa shape index (κ1) is 18.2. The van der Waals surface area contributed by atoms with E-state index >= 15 is 0 Å². The van der Waals surface area contributed by atoms with Gasteiger partial charge in [-0.3, -0.25) is 10.1 Å². The van der Waals surface area contributed by atoms with E-state index in [-0.39, 0.29) is 30.3 Å². The second-order valence-electron chi connectivity index (χ2n) is 4.92. The minimum absolute atomic E-state index is 0.000931. The Kier molecular flexibility index (Phi) is 5.55. The van der Waals surface area contributed by atoms with Crippen LogP contribution in [0.4, 0.5) is 17.1 Å². The molecule has 1 aliphatic rings. The second-order valence-corrected chi connectivity index (χ2v) is 4.92. The number of nitrogens with zero attached hydrogens (tertiary/aromatic N) is 2. The van der Waals surface area contributed by atoms with E-state index < -0.39 is 16.9 Å². The lowest BCUT2D eigenvalue weighted by Gasteiger charge is -2.32. The fourth-order valence-electron chi connectivity index (χ4n) is 2.41. The van der Waals surface area contributed by atoms with Crippen molar-refractivity contribution in [1.82, 2.24) is 0 Å². The van der Waals surface area contributed by atoms with Crippen molar-refractivity contribution in [3.05, 3.63) is 39.6 Å². The molecule has 0 amide bonds. The number of methoxy groups -OCH3 is 2.